The van der Waals surface area contributed by atoms with Gasteiger partial charge in [-0.25, -0.2) is 24.6 Å². The van der Waals surface area contributed by atoms with E-state index in [4.69, 9.17) is 11.6 Å². The standard InChI is InChI=1S/C22H17ClF4N6O/c23-17-9-14(5-6-18(17)24)31-20-15-11-33(8-7-19(15)28-12-29-20)21(34)32-30-10-13-3-1-2-4-16(13)22(25,26)27/h1-6,9-10,12H,7-8,11H2,(H,32,34)(H,28,29,31)/b30-10+. The van der Waals surface area contributed by atoms with Crippen LogP contribution in [0.4, 0.5) is 33.9 Å². The molecule has 0 saturated carbocycles. The van der Waals surface area contributed by atoms with Crippen LogP contribution in [0.5, 0.6) is 0 Å². The van der Waals surface area contributed by atoms with Crippen molar-refractivity contribution in [3.05, 3.63) is 82.0 Å². The average Bonchev–Trinajstić information content (AvgIpc) is 2.81. The van der Waals surface area contributed by atoms with Crippen molar-refractivity contribution in [2.45, 2.75) is 19.1 Å². The summed E-state index contributed by atoms with van der Waals surface area (Å²) in [6.07, 6.45) is -1.77. The molecule has 3 aromatic rings. The maximum absolute atomic E-state index is 13.4. The van der Waals surface area contributed by atoms with E-state index in [9.17, 15) is 22.4 Å². The van der Waals surface area contributed by atoms with Crippen LogP contribution in [-0.4, -0.2) is 33.7 Å². The quantitative estimate of drug-likeness (QED) is 0.300. The van der Waals surface area contributed by atoms with Crippen molar-refractivity contribution < 1.29 is 22.4 Å². The fourth-order valence-electron chi connectivity index (χ4n) is 3.43. The van der Waals surface area contributed by atoms with Crippen LogP contribution in [-0.2, 0) is 19.1 Å². The molecule has 7 nitrogen and oxygen atoms in total. The van der Waals surface area contributed by atoms with Gasteiger partial charge < -0.3 is 10.2 Å². The lowest BCUT2D eigenvalue weighted by Crippen LogP contribution is -2.41. The van der Waals surface area contributed by atoms with Crippen LogP contribution in [0, 0.1) is 5.82 Å². The number of urea groups is 1. The van der Waals surface area contributed by atoms with Crippen molar-refractivity contribution in [1.29, 1.82) is 0 Å². The number of nitrogens with one attached hydrogen (secondary N) is 2. The average molecular weight is 493 g/mol. The van der Waals surface area contributed by atoms with Crippen LogP contribution in [0.1, 0.15) is 22.4 Å². The van der Waals surface area contributed by atoms with E-state index in [2.05, 4.69) is 25.8 Å². The highest BCUT2D eigenvalue weighted by atomic mass is 35.5. The van der Waals surface area contributed by atoms with E-state index in [1.54, 1.807) is 0 Å². The van der Waals surface area contributed by atoms with Gasteiger partial charge in [-0.05, 0) is 24.3 Å². The van der Waals surface area contributed by atoms with Gasteiger partial charge in [0.2, 0.25) is 0 Å². The summed E-state index contributed by atoms with van der Waals surface area (Å²) >= 11 is 5.83. The molecule has 2 amide bonds. The molecule has 12 heteroatoms. The molecule has 2 heterocycles. The minimum absolute atomic E-state index is 0.0566. The zero-order valence-electron chi connectivity index (χ0n) is 17.4. The molecule has 0 radical (unpaired) electrons. The van der Waals surface area contributed by atoms with Crippen molar-refractivity contribution in [3.63, 3.8) is 0 Å². The summed E-state index contributed by atoms with van der Waals surface area (Å²) in [5.74, 6) is -0.133. The Kier molecular flexibility index (Phi) is 6.64. The van der Waals surface area contributed by atoms with Crippen LogP contribution < -0.4 is 10.7 Å². The largest absolute Gasteiger partial charge is 0.417 e. The topological polar surface area (TPSA) is 82.5 Å². The molecule has 1 aliphatic rings. The number of anilines is 2. The zero-order valence-corrected chi connectivity index (χ0v) is 18.2. The highest BCUT2D eigenvalue weighted by molar-refractivity contribution is 6.31. The predicted molar refractivity (Wildman–Crippen MR) is 118 cm³/mol. The van der Waals surface area contributed by atoms with Gasteiger partial charge in [0.1, 0.15) is 18.0 Å². The molecule has 176 valence electrons. The van der Waals surface area contributed by atoms with Crippen LogP contribution in [0.15, 0.2) is 53.9 Å². The van der Waals surface area contributed by atoms with E-state index < -0.39 is 23.6 Å². The Labute approximate surface area is 196 Å². The molecule has 0 spiro atoms. The Bertz CT molecular complexity index is 1250. The second-order valence-electron chi connectivity index (χ2n) is 7.33. The number of carbonyl (C=O) groups is 1. The second-order valence-corrected chi connectivity index (χ2v) is 7.74. The molecule has 0 aliphatic carbocycles. The second kappa shape index (κ2) is 9.64. The first-order valence-corrected chi connectivity index (χ1v) is 10.4. The predicted octanol–water partition coefficient (Wildman–Crippen LogP) is 5.13. The first-order valence-electron chi connectivity index (χ1n) is 10.0. The maximum atomic E-state index is 13.4. The number of nitrogens with zero attached hydrogens (tertiary/aromatic N) is 4. The number of halogens is 5. The maximum Gasteiger partial charge on any atom is 0.417 e. The summed E-state index contributed by atoms with van der Waals surface area (Å²) < 4.78 is 52.7. The summed E-state index contributed by atoms with van der Waals surface area (Å²) in [5.41, 5.74) is 3.12. The molecule has 34 heavy (non-hydrogen) atoms. The van der Waals surface area contributed by atoms with Gasteiger partial charge >= 0.3 is 12.2 Å². The molecule has 0 bridgehead atoms. The molecule has 4 rings (SSSR count). The lowest BCUT2D eigenvalue weighted by molar-refractivity contribution is -0.137. The number of amides is 2. The number of aromatic nitrogens is 2. The zero-order chi connectivity index (χ0) is 24.3. The Balaban J connectivity index is 1.46. The summed E-state index contributed by atoms with van der Waals surface area (Å²) in [5, 5.41) is 6.68. The number of benzene rings is 2. The van der Waals surface area contributed by atoms with Gasteiger partial charge in [0, 0.05) is 29.8 Å². The smallest absolute Gasteiger partial charge is 0.340 e. The lowest BCUT2D eigenvalue weighted by Gasteiger charge is -2.28. The highest BCUT2D eigenvalue weighted by Gasteiger charge is 2.32. The van der Waals surface area contributed by atoms with Crippen molar-refractivity contribution >= 4 is 35.4 Å². The summed E-state index contributed by atoms with van der Waals surface area (Å²) in [6, 6.07) is 8.45. The molecule has 2 aromatic carbocycles. The number of carbonyl (C=O) groups excluding carboxylic acids is 1. The molecule has 1 aromatic heterocycles. The van der Waals surface area contributed by atoms with E-state index in [-0.39, 0.29) is 17.1 Å². The van der Waals surface area contributed by atoms with Crippen LogP contribution >= 0.6 is 11.6 Å². The molecule has 0 atom stereocenters. The molecular weight excluding hydrogens is 476 g/mol. The van der Waals surface area contributed by atoms with Crippen LogP contribution in [0.2, 0.25) is 5.02 Å². The molecule has 0 fully saturated rings. The van der Waals surface area contributed by atoms with E-state index in [0.29, 0.717) is 30.0 Å². The monoisotopic (exact) mass is 492 g/mol. The first kappa shape index (κ1) is 23.4. The summed E-state index contributed by atoms with van der Waals surface area (Å²) in [6.45, 7) is 0.459. The van der Waals surface area contributed by atoms with Crippen molar-refractivity contribution in [2.75, 3.05) is 11.9 Å². The van der Waals surface area contributed by atoms with Gasteiger partial charge in [-0.15, -0.1) is 0 Å². The molecular formula is C22H17ClF4N6O. The number of hydrogen-bond donors (Lipinski definition) is 2. The van der Waals surface area contributed by atoms with E-state index in [0.717, 1.165) is 18.0 Å². The third kappa shape index (κ3) is 5.25. The van der Waals surface area contributed by atoms with Gasteiger partial charge in [-0.1, -0.05) is 29.8 Å². The molecule has 1 aliphatic heterocycles. The van der Waals surface area contributed by atoms with Gasteiger partial charge in [0.25, 0.3) is 0 Å². The minimum Gasteiger partial charge on any atom is -0.340 e. The number of fused-ring (bicyclic) bond motifs is 1. The van der Waals surface area contributed by atoms with Gasteiger partial charge in [-0.2, -0.15) is 18.3 Å². The number of hydrazone groups is 1. The van der Waals surface area contributed by atoms with E-state index >= 15 is 0 Å². The summed E-state index contributed by atoms with van der Waals surface area (Å²) in [7, 11) is 0. The molecule has 2 N–H and O–H groups in total. The minimum atomic E-state index is -4.54. The fourth-order valence-corrected chi connectivity index (χ4v) is 3.61. The third-order valence-electron chi connectivity index (χ3n) is 5.10. The van der Waals surface area contributed by atoms with Crippen LogP contribution in [0.3, 0.4) is 0 Å². The Morgan fingerprint density at radius 3 is 2.74 bits per heavy atom. The fraction of sp³-hybridized carbons (Fsp3) is 0.182. The van der Waals surface area contributed by atoms with Crippen molar-refractivity contribution in [2.24, 2.45) is 5.10 Å². The first-order chi connectivity index (χ1) is 16.2. The van der Waals surface area contributed by atoms with Crippen LogP contribution in [0.25, 0.3) is 0 Å². The molecule has 0 saturated heterocycles. The highest BCUT2D eigenvalue weighted by Crippen LogP contribution is 2.31. The lowest BCUT2D eigenvalue weighted by atomic mass is 10.1. The summed E-state index contributed by atoms with van der Waals surface area (Å²) in [4.78, 5) is 22.5. The van der Waals surface area contributed by atoms with Gasteiger partial charge in [0.15, 0.2) is 0 Å². The van der Waals surface area contributed by atoms with E-state index in [1.807, 2.05) is 0 Å². The van der Waals surface area contributed by atoms with E-state index in [1.165, 1.54) is 47.6 Å². The molecule has 0 unspecified atom stereocenters. The number of hydrogen-bond acceptors (Lipinski definition) is 5. The number of alkyl halides is 3. The number of rotatable bonds is 4. The third-order valence-corrected chi connectivity index (χ3v) is 5.39. The van der Waals surface area contributed by atoms with Gasteiger partial charge in [-0.3, -0.25) is 0 Å². The van der Waals surface area contributed by atoms with Gasteiger partial charge in [0.05, 0.1) is 29.0 Å². The van der Waals surface area contributed by atoms with Crippen molar-refractivity contribution in [3.8, 4) is 0 Å². The SMILES string of the molecule is O=C(N/N=C/c1ccccc1C(F)(F)F)N1CCc2ncnc(Nc3ccc(F)c(Cl)c3)c2C1. The Morgan fingerprint density at radius 2 is 1.97 bits per heavy atom. The Hall–Kier alpha value is -3.73. The Morgan fingerprint density at radius 1 is 1.18 bits per heavy atom. The normalized spacial score (nSPS) is 13.6. The van der Waals surface area contributed by atoms with Crippen molar-refractivity contribution in [1.82, 2.24) is 20.3 Å².